The lowest BCUT2D eigenvalue weighted by Gasteiger charge is -2.34. The van der Waals surface area contributed by atoms with Crippen LogP contribution in [0.25, 0.3) is 0 Å². The minimum Gasteiger partial charge on any atom is -0.396 e. The molecule has 0 radical (unpaired) electrons. The summed E-state index contributed by atoms with van der Waals surface area (Å²) in [6.07, 6.45) is 6.63. The highest BCUT2D eigenvalue weighted by molar-refractivity contribution is 5.81. The van der Waals surface area contributed by atoms with E-state index >= 15 is 0 Å². The summed E-state index contributed by atoms with van der Waals surface area (Å²) in [6, 6.07) is 0.277. The first kappa shape index (κ1) is 17.4. The summed E-state index contributed by atoms with van der Waals surface area (Å²) >= 11 is 0. The lowest BCUT2D eigenvalue weighted by atomic mass is 9.84. The predicted octanol–water partition coefficient (Wildman–Crippen LogP) is 2.21. The smallest absolute Gasteiger partial charge is 0.237 e. The number of carbonyl (C=O) groups excluding carboxylic acids is 1. The van der Waals surface area contributed by atoms with Crippen molar-refractivity contribution in [1.29, 1.82) is 0 Å². The van der Waals surface area contributed by atoms with Crippen molar-refractivity contribution in [3.05, 3.63) is 0 Å². The van der Waals surface area contributed by atoms with Gasteiger partial charge in [0, 0.05) is 18.7 Å². The second-order valence-corrected chi connectivity index (χ2v) is 7.16. The molecule has 0 aromatic heterocycles. The molecule has 0 aromatic carbocycles. The van der Waals surface area contributed by atoms with E-state index in [2.05, 4.69) is 31.4 Å². The molecule has 0 spiro atoms. The summed E-state index contributed by atoms with van der Waals surface area (Å²) in [5, 5.41) is 15.7. The maximum atomic E-state index is 12.2. The standard InChI is InChI=1S/C16H32N2O2/c1-12(17-14(10-11-19)16(2,3)4)15(20)18-13-8-6-5-7-9-13/h12-14,17,19H,5-11H2,1-4H3,(H,18,20). The second-order valence-electron chi connectivity index (χ2n) is 7.16. The zero-order valence-corrected chi connectivity index (χ0v) is 13.5. The molecule has 1 amide bonds. The summed E-state index contributed by atoms with van der Waals surface area (Å²) < 4.78 is 0. The van der Waals surface area contributed by atoms with Crippen LogP contribution in [-0.2, 0) is 4.79 Å². The van der Waals surface area contributed by atoms with Crippen LogP contribution in [0.5, 0.6) is 0 Å². The molecule has 0 aromatic rings. The van der Waals surface area contributed by atoms with Crippen molar-refractivity contribution >= 4 is 5.91 Å². The lowest BCUT2D eigenvalue weighted by Crippen LogP contribution is -2.53. The average molecular weight is 284 g/mol. The van der Waals surface area contributed by atoms with Crippen molar-refractivity contribution in [2.24, 2.45) is 5.41 Å². The molecule has 4 heteroatoms. The van der Waals surface area contributed by atoms with E-state index in [1.807, 2.05) is 6.92 Å². The molecule has 1 rings (SSSR count). The fourth-order valence-corrected chi connectivity index (χ4v) is 2.85. The molecule has 0 aliphatic heterocycles. The van der Waals surface area contributed by atoms with Crippen molar-refractivity contribution in [2.75, 3.05) is 6.61 Å². The van der Waals surface area contributed by atoms with E-state index < -0.39 is 0 Å². The van der Waals surface area contributed by atoms with Gasteiger partial charge in [0.15, 0.2) is 0 Å². The van der Waals surface area contributed by atoms with Crippen LogP contribution < -0.4 is 10.6 Å². The topological polar surface area (TPSA) is 61.4 Å². The van der Waals surface area contributed by atoms with Gasteiger partial charge in [0.25, 0.3) is 0 Å². The first-order valence-electron chi connectivity index (χ1n) is 8.02. The highest BCUT2D eigenvalue weighted by Crippen LogP contribution is 2.22. The van der Waals surface area contributed by atoms with Gasteiger partial charge >= 0.3 is 0 Å². The molecule has 1 saturated carbocycles. The normalized spacial score (nSPS) is 20.4. The molecular weight excluding hydrogens is 252 g/mol. The third-order valence-corrected chi connectivity index (χ3v) is 4.26. The molecule has 1 aliphatic carbocycles. The first-order chi connectivity index (χ1) is 9.34. The zero-order valence-electron chi connectivity index (χ0n) is 13.5. The van der Waals surface area contributed by atoms with Crippen molar-refractivity contribution in [3.8, 4) is 0 Å². The number of hydrogen-bond acceptors (Lipinski definition) is 3. The molecule has 2 atom stereocenters. The Labute approximate surface area is 123 Å². The van der Waals surface area contributed by atoms with Gasteiger partial charge in [-0.3, -0.25) is 4.79 Å². The van der Waals surface area contributed by atoms with Crippen LogP contribution in [0.4, 0.5) is 0 Å². The predicted molar refractivity (Wildman–Crippen MR) is 82.6 cm³/mol. The Balaban J connectivity index is 2.46. The molecular formula is C16H32N2O2. The fourth-order valence-electron chi connectivity index (χ4n) is 2.85. The molecule has 2 unspecified atom stereocenters. The number of nitrogens with one attached hydrogen (secondary N) is 2. The Kier molecular flexibility index (Phi) is 6.96. The molecule has 1 fully saturated rings. The number of aliphatic hydroxyl groups excluding tert-OH is 1. The number of rotatable bonds is 6. The van der Waals surface area contributed by atoms with E-state index in [1.165, 1.54) is 19.3 Å². The minimum absolute atomic E-state index is 0.0299. The summed E-state index contributed by atoms with van der Waals surface area (Å²) in [5.74, 6) is 0.0871. The highest BCUT2D eigenvalue weighted by atomic mass is 16.3. The zero-order chi connectivity index (χ0) is 15.2. The molecule has 4 nitrogen and oxygen atoms in total. The second kappa shape index (κ2) is 7.99. The molecule has 118 valence electrons. The molecule has 0 bridgehead atoms. The number of aliphatic hydroxyl groups is 1. The molecule has 3 N–H and O–H groups in total. The van der Waals surface area contributed by atoms with Crippen LogP contribution in [-0.4, -0.2) is 35.7 Å². The van der Waals surface area contributed by atoms with Crippen LogP contribution in [0.2, 0.25) is 0 Å². The molecule has 0 heterocycles. The molecule has 20 heavy (non-hydrogen) atoms. The van der Waals surface area contributed by atoms with E-state index in [0.717, 1.165) is 12.8 Å². The third-order valence-electron chi connectivity index (χ3n) is 4.26. The van der Waals surface area contributed by atoms with E-state index in [1.54, 1.807) is 0 Å². The van der Waals surface area contributed by atoms with Gasteiger partial charge < -0.3 is 15.7 Å². The summed E-state index contributed by atoms with van der Waals surface area (Å²) in [6.45, 7) is 8.45. The maximum Gasteiger partial charge on any atom is 0.237 e. The van der Waals surface area contributed by atoms with Gasteiger partial charge in [0.05, 0.1) is 6.04 Å². The Hall–Kier alpha value is -0.610. The summed E-state index contributed by atoms with van der Waals surface area (Å²) in [5.41, 5.74) is 0.0299. The van der Waals surface area contributed by atoms with Crippen molar-refractivity contribution < 1.29 is 9.90 Å². The van der Waals surface area contributed by atoms with Crippen LogP contribution in [0.3, 0.4) is 0 Å². The van der Waals surface area contributed by atoms with Crippen molar-refractivity contribution in [2.45, 2.75) is 84.3 Å². The average Bonchev–Trinajstić information content (AvgIpc) is 2.38. The summed E-state index contributed by atoms with van der Waals surface area (Å²) in [4.78, 5) is 12.2. The highest BCUT2D eigenvalue weighted by Gasteiger charge is 2.28. The van der Waals surface area contributed by atoms with Gasteiger partial charge in [-0.25, -0.2) is 0 Å². The van der Waals surface area contributed by atoms with E-state index in [4.69, 9.17) is 0 Å². The van der Waals surface area contributed by atoms with Gasteiger partial charge in [-0.1, -0.05) is 40.0 Å². The van der Waals surface area contributed by atoms with E-state index in [9.17, 15) is 9.90 Å². The Morgan fingerprint density at radius 1 is 1.25 bits per heavy atom. The van der Waals surface area contributed by atoms with Gasteiger partial charge in [-0.15, -0.1) is 0 Å². The van der Waals surface area contributed by atoms with Crippen molar-refractivity contribution in [1.82, 2.24) is 10.6 Å². The molecule has 1 aliphatic rings. The molecule has 0 saturated heterocycles. The van der Waals surface area contributed by atoms with Crippen LogP contribution in [0, 0.1) is 5.41 Å². The van der Waals surface area contributed by atoms with Crippen LogP contribution in [0.1, 0.15) is 66.2 Å². The number of carbonyl (C=O) groups is 1. The number of amides is 1. The first-order valence-corrected chi connectivity index (χ1v) is 8.02. The van der Waals surface area contributed by atoms with Gasteiger partial charge in [-0.2, -0.15) is 0 Å². The van der Waals surface area contributed by atoms with Gasteiger partial charge in [0.1, 0.15) is 0 Å². The van der Waals surface area contributed by atoms with Crippen molar-refractivity contribution in [3.63, 3.8) is 0 Å². The minimum atomic E-state index is -0.215. The Morgan fingerprint density at radius 3 is 2.35 bits per heavy atom. The largest absolute Gasteiger partial charge is 0.396 e. The number of hydrogen-bond donors (Lipinski definition) is 3. The van der Waals surface area contributed by atoms with E-state index in [0.29, 0.717) is 12.5 Å². The third kappa shape index (κ3) is 5.80. The fraction of sp³-hybridized carbons (Fsp3) is 0.938. The lowest BCUT2D eigenvalue weighted by molar-refractivity contribution is -0.124. The van der Waals surface area contributed by atoms with E-state index in [-0.39, 0.29) is 30.0 Å². The maximum absolute atomic E-state index is 12.2. The summed E-state index contributed by atoms with van der Waals surface area (Å²) in [7, 11) is 0. The van der Waals surface area contributed by atoms with Gasteiger partial charge in [0.2, 0.25) is 5.91 Å². The van der Waals surface area contributed by atoms with Crippen LogP contribution >= 0.6 is 0 Å². The quantitative estimate of drug-likeness (QED) is 0.701. The Bertz CT molecular complexity index is 293. The van der Waals surface area contributed by atoms with Crippen LogP contribution in [0.15, 0.2) is 0 Å². The van der Waals surface area contributed by atoms with Gasteiger partial charge in [-0.05, 0) is 31.6 Å². The SMILES string of the molecule is CC(NC(CCO)C(C)(C)C)C(=O)NC1CCCCC1. The Morgan fingerprint density at radius 2 is 1.85 bits per heavy atom. The monoisotopic (exact) mass is 284 g/mol.